The zero-order valence-electron chi connectivity index (χ0n) is 12.2. The molecule has 0 spiro atoms. The number of hydrogen-bond acceptors (Lipinski definition) is 4. The van der Waals surface area contributed by atoms with E-state index in [1.54, 1.807) is 18.2 Å². The van der Waals surface area contributed by atoms with Crippen LogP contribution in [0.15, 0.2) is 42.5 Å². The summed E-state index contributed by atoms with van der Waals surface area (Å²) in [6.45, 7) is 1.91. The van der Waals surface area contributed by atoms with Crippen LogP contribution >= 0.6 is 0 Å². The average molecular weight is 305 g/mol. The lowest BCUT2D eigenvalue weighted by atomic mass is 10.1. The third kappa shape index (κ3) is 4.23. The van der Waals surface area contributed by atoms with E-state index in [9.17, 15) is 8.42 Å². The minimum atomic E-state index is -3.26. The Labute approximate surface area is 125 Å². The zero-order valence-corrected chi connectivity index (χ0v) is 13.0. The Bertz CT molecular complexity index is 739. The fourth-order valence-electron chi connectivity index (χ4n) is 2.20. The first-order valence-electron chi connectivity index (χ1n) is 6.58. The van der Waals surface area contributed by atoms with E-state index in [-0.39, 0.29) is 11.5 Å². The third-order valence-electron chi connectivity index (χ3n) is 3.25. The van der Waals surface area contributed by atoms with Gasteiger partial charge in [0, 0.05) is 11.8 Å². The van der Waals surface area contributed by atoms with E-state index in [0.717, 1.165) is 11.1 Å². The summed E-state index contributed by atoms with van der Waals surface area (Å²) in [6, 6.07) is 12.5. The lowest BCUT2D eigenvalue weighted by Crippen LogP contribution is -2.09. The molecule has 2 aromatic carbocycles. The minimum absolute atomic E-state index is 0.0246. The molecule has 5 heteroatoms. The van der Waals surface area contributed by atoms with E-state index in [1.165, 1.54) is 7.11 Å². The summed E-state index contributed by atoms with van der Waals surface area (Å²) in [6.07, 6.45) is 0. The van der Waals surface area contributed by atoms with Crippen LogP contribution in [0.2, 0.25) is 0 Å². The highest BCUT2D eigenvalue weighted by atomic mass is 32.2. The molecule has 0 unspecified atom stereocenters. The molecule has 0 fully saturated rings. The highest BCUT2D eigenvalue weighted by Crippen LogP contribution is 2.22. The first kappa shape index (κ1) is 15.4. The van der Waals surface area contributed by atoms with Crippen molar-refractivity contribution in [2.75, 3.05) is 12.8 Å². The molecule has 0 radical (unpaired) electrons. The molecule has 0 atom stereocenters. The van der Waals surface area contributed by atoms with E-state index < -0.39 is 9.84 Å². The second-order valence-electron chi connectivity index (χ2n) is 5.07. The Hall–Kier alpha value is -2.01. The first-order valence-corrected chi connectivity index (χ1v) is 8.40. The van der Waals surface area contributed by atoms with Gasteiger partial charge in [0.25, 0.3) is 0 Å². The lowest BCUT2D eigenvalue weighted by molar-refractivity contribution is 0.414. The second kappa shape index (κ2) is 6.18. The molecule has 2 N–H and O–H groups in total. The van der Waals surface area contributed by atoms with Gasteiger partial charge in [-0.1, -0.05) is 24.3 Å². The van der Waals surface area contributed by atoms with Crippen LogP contribution in [0, 0.1) is 6.92 Å². The van der Waals surface area contributed by atoms with Crippen LogP contribution in [0.3, 0.4) is 0 Å². The first-order chi connectivity index (χ1) is 9.89. The van der Waals surface area contributed by atoms with Gasteiger partial charge in [-0.25, -0.2) is 8.42 Å². The van der Waals surface area contributed by atoms with Gasteiger partial charge in [-0.05, 0) is 35.7 Å². The van der Waals surface area contributed by atoms with Crippen molar-refractivity contribution in [1.82, 2.24) is 0 Å². The largest absolute Gasteiger partial charge is 0.497 e. The number of nitrogen functional groups attached to an aromatic ring is 1. The van der Waals surface area contributed by atoms with Crippen molar-refractivity contribution < 1.29 is 13.2 Å². The molecule has 0 bridgehead atoms. The van der Waals surface area contributed by atoms with Crippen molar-refractivity contribution in [2.45, 2.75) is 18.4 Å². The fraction of sp³-hybridized carbons (Fsp3) is 0.250. The topological polar surface area (TPSA) is 69.4 Å². The predicted molar refractivity (Wildman–Crippen MR) is 84.9 cm³/mol. The Balaban J connectivity index is 2.22. The van der Waals surface area contributed by atoms with E-state index >= 15 is 0 Å². The summed E-state index contributed by atoms with van der Waals surface area (Å²) >= 11 is 0. The normalized spacial score (nSPS) is 11.3. The molecular weight excluding hydrogens is 286 g/mol. The predicted octanol–water partition coefficient (Wildman–Crippen LogP) is 2.70. The molecule has 0 heterocycles. The van der Waals surface area contributed by atoms with Gasteiger partial charge in [0.15, 0.2) is 9.84 Å². The van der Waals surface area contributed by atoms with Crippen LogP contribution in [-0.4, -0.2) is 15.5 Å². The number of methoxy groups -OCH3 is 1. The number of anilines is 1. The second-order valence-corrected chi connectivity index (χ2v) is 7.14. The van der Waals surface area contributed by atoms with Crippen molar-refractivity contribution in [3.8, 4) is 5.75 Å². The monoisotopic (exact) mass is 305 g/mol. The van der Waals surface area contributed by atoms with Gasteiger partial charge in [-0.15, -0.1) is 0 Å². The third-order valence-corrected chi connectivity index (χ3v) is 4.77. The van der Waals surface area contributed by atoms with Gasteiger partial charge in [-0.3, -0.25) is 0 Å². The van der Waals surface area contributed by atoms with Crippen LogP contribution in [0.1, 0.15) is 16.7 Å². The van der Waals surface area contributed by atoms with E-state index in [4.69, 9.17) is 10.5 Å². The smallest absolute Gasteiger partial charge is 0.158 e. The molecule has 0 aliphatic rings. The Morgan fingerprint density at radius 2 is 1.81 bits per heavy atom. The van der Waals surface area contributed by atoms with Crippen molar-refractivity contribution in [3.63, 3.8) is 0 Å². The summed E-state index contributed by atoms with van der Waals surface area (Å²) in [5.41, 5.74) is 8.70. The Morgan fingerprint density at radius 1 is 1.10 bits per heavy atom. The molecule has 0 saturated heterocycles. The van der Waals surface area contributed by atoms with E-state index in [2.05, 4.69) is 0 Å². The quantitative estimate of drug-likeness (QED) is 0.862. The number of nitrogens with two attached hydrogens (primary N) is 1. The maximum absolute atomic E-state index is 12.4. The van der Waals surface area contributed by atoms with Crippen LogP contribution in [0.25, 0.3) is 0 Å². The molecule has 0 aromatic heterocycles. The van der Waals surface area contributed by atoms with Gasteiger partial charge in [0.1, 0.15) is 5.75 Å². The number of benzene rings is 2. The van der Waals surface area contributed by atoms with Crippen LogP contribution in [0.4, 0.5) is 5.69 Å². The highest BCUT2D eigenvalue weighted by molar-refractivity contribution is 7.89. The number of ether oxygens (including phenoxy) is 1. The molecular formula is C16H19NO3S. The number of rotatable bonds is 5. The van der Waals surface area contributed by atoms with E-state index in [1.807, 2.05) is 31.2 Å². The summed E-state index contributed by atoms with van der Waals surface area (Å²) in [7, 11) is -1.73. The molecule has 4 nitrogen and oxygen atoms in total. The summed E-state index contributed by atoms with van der Waals surface area (Å²) in [5.74, 6) is 0.538. The van der Waals surface area contributed by atoms with Gasteiger partial charge >= 0.3 is 0 Å². The lowest BCUT2D eigenvalue weighted by Gasteiger charge is -2.09. The van der Waals surface area contributed by atoms with Crippen molar-refractivity contribution >= 4 is 15.5 Å². The van der Waals surface area contributed by atoms with Crippen LogP contribution < -0.4 is 10.5 Å². The molecule has 2 aromatic rings. The van der Waals surface area contributed by atoms with E-state index in [0.29, 0.717) is 17.0 Å². The SMILES string of the molecule is COc1cc(N)cc(CS(=O)(=O)Cc2ccccc2C)c1. The Kier molecular flexibility index (Phi) is 4.53. The molecule has 0 amide bonds. The van der Waals surface area contributed by atoms with Gasteiger partial charge in [-0.2, -0.15) is 0 Å². The summed E-state index contributed by atoms with van der Waals surface area (Å²) in [4.78, 5) is 0. The highest BCUT2D eigenvalue weighted by Gasteiger charge is 2.15. The van der Waals surface area contributed by atoms with Crippen molar-refractivity contribution in [3.05, 3.63) is 59.2 Å². The van der Waals surface area contributed by atoms with Crippen LogP contribution in [-0.2, 0) is 21.3 Å². The van der Waals surface area contributed by atoms with Crippen LogP contribution in [0.5, 0.6) is 5.75 Å². The molecule has 0 aliphatic heterocycles. The number of aryl methyl sites for hydroxylation is 1. The maximum Gasteiger partial charge on any atom is 0.158 e. The molecule has 112 valence electrons. The number of hydrogen-bond donors (Lipinski definition) is 1. The van der Waals surface area contributed by atoms with Crippen molar-refractivity contribution in [1.29, 1.82) is 0 Å². The van der Waals surface area contributed by atoms with Gasteiger partial charge < -0.3 is 10.5 Å². The summed E-state index contributed by atoms with van der Waals surface area (Å²) < 4.78 is 29.8. The van der Waals surface area contributed by atoms with Gasteiger partial charge in [0.05, 0.1) is 18.6 Å². The molecule has 0 aliphatic carbocycles. The molecule has 21 heavy (non-hydrogen) atoms. The standard InChI is InChI=1S/C16H19NO3S/c1-12-5-3-4-6-14(12)11-21(18,19)10-13-7-15(17)9-16(8-13)20-2/h3-9H,10-11,17H2,1-2H3. The Morgan fingerprint density at radius 3 is 2.48 bits per heavy atom. The zero-order chi connectivity index (χ0) is 15.5. The maximum atomic E-state index is 12.4. The van der Waals surface area contributed by atoms with Crippen molar-refractivity contribution in [2.24, 2.45) is 0 Å². The minimum Gasteiger partial charge on any atom is -0.497 e. The van der Waals surface area contributed by atoms with Gasteiger partial charge in [0.2, 0.25) is 0 Å². The fourth-order valence-corrected chi connectivity index (χ4v) is 3.78. The molecule has 0 saturated carbocycles. The average Bonchev–Trinajstić information content (AvgIpc) is 2.40. The number of sulfone groups is 1. The molecule has 2 rings (SSSR count). The summed E-state index contributed by atoms with van der Waals surface area (Å²) in [5, 5.41) is 0.